The van der Waals surface area contributed by atoms with Crippen molar-refractivity contribution in [1.29, 1.82) is 0 Å². The summed E-state index contributed by atoms with van der Waals surface area (Å²) in [4.78, 5) is 28.5. The highest BCUT2D eigenvalue weighted by Gasteiger charge is 2.47. The molecule has 1 heterocycles. The molecule has 1 fully saturated rings. The van der Waals surface area contributed by atoms with E-state index < -0.39 is 17.7 Å². The smallest absolute Gasteiger partial charge is 0.300 e. The number of ketones is 1. The summed E-state index contributed by atoms with van der Waals surface area (Å²) in [6.07, 6.45) is 0. The van der Waals surface area contributed by atoms with E-state index in [9.17, 15) is 14.7 Å². The number of carbonyl (C=O) groups is 2. The van der Waals surface area contributed by atoms with Gasteiger partial charge in [0.15, 0.2) is 0 Å². The third kappa shape index (κ3) is 5.34. The van der Waals surface area contributed by atoms with Crippen molar-refractivity contribution in [1.82, 2.24) is 0 Å². The molecule has 202 valence electrons. The minimum absolute atomic E-state index is 0.0368. The predicted molar refractivity (Wildman–Crippen MR) is 156 cm³/mol. The zero-order chi connectivity index (χ0) is 28.2. The Morgan fingerprint density at radius 3 is 2.35 bits per heavy atom. The number of hydrogen-bond donors (Lipinski definition) is 1. The zero-order valence-corrected chi connectivity index (χ0v) is 22.8. The maximum atomic E-state index is 13.5. The monoisotopic (exact) mass is 533 g/mol. The third-order valence-corrected chi connectivity index (χ3v) is 6.89. The number of aryl methyl sites for hydroxylation is 2. The molecule has 1 saturated heterocycles. The van der Waals surface area contributed by atoms with Gasteiger partial charge in [0.2, 0.25) is 0 Å². The first-order valence-corrected chi connectivity index (χ1v) is 13.3. The van der Waals surface area contributed by atoms with E-state index in [2.05, 4.69) is 0 Å². The van der Waals surface area contributed by atoms with Crippen LogP contribution in [0.25, 0.3) is 5.76 Å². The lowest BCUT2D eigenvalue weighted by Crippen LogP contribution is -2.29. The van der Waals surface area contributed by atoms with Gasteiger partial charge in [-0.3, -0.25) is 14.5 Å². The molecule has 6 heteroatoms. The van der Waals surface area contributed by atoms with Gasteiger partial charge in [0.05, 0.1) is 18.2 Å². The lowest BCUT2D eigenvalue weighted by molar-refractivity contribution is -0.132. The van der Waals surface area contributed by atoms with Gasteiger partial charge in [-0.15, -0.1) is 0 Å². The summed E-state index contributed by atoms with van der Waals surface area (Å²) in [7, 11) is 0. The zero-order valence-electron chi connectivity index (χ0n) is 22.8. The Morgan fingerprint density at radius 1 is 0.850 bits per heavy atom. The third-order valence-electron chi connectivity index (χ3n) is 6.89. The molecule has 5 rings (SSSR count). The number of hydrogen-bond acceptors (Lipinski definition) is 5. The first-order valence-electron chi connectivity index (χ1n) is 13.3. The van der Waals surface area contributed by atoms with Crippen LogP contribution in [0.1, 0.15) is 40.8 Å². The number of amides is 1. The number of rotatable bonds is 8. The van der Waals surface area contributed by atoms with Crippen LogP contribution in [0.15, 0.2) is 103 Å². The summed E-state index contributed by atoms with van der Waals surface area (Å²) in [6.45, 7) is 6.59. The van der Waals surface area contributed by atoms with Crippen molar-refractivity contribution in [3.63, 3.8) is 0 Å². The van der Waals surface area contributed by atoms with Crippen LogP contribution in [0.5, 0.6) is 11.5 Å². The van der Waals surface area contributed by atoms with Gasteiger partial charge in [-0.05, 0) is 67.8 Å². The van der Waals surface area contributed by atoms with Gasteiger partial charge in [-0.25, -0.2) is 0 Å². The van der Waals surface area contributed by atoms with Crippen molar-refractivity contribution >= 4 is 23.1 Å². The minimum atomic E-state index is -0.814. The Balaban J connectivity index is 1.56. The lowest BCUT2D eigenvalue weighted by atomic mass is 9.94. The maximum Gasteiger partial charge on any atom is 0.300 e. The number of Topliss-reactive ketones (excluding diaryl/α,β-unsaturated/α-hetero) is 1. The number of carbonyl (C=O) groups excluding carboxylic acids is 2. The molecule has 0 aliphatic carbocycles. The number of benzene rings is 4. The molecule has 40 heavy (non-hydrogen) atoms. The molecule has 1 N–H and O–H groups in total. The maximum absolute atomic E-state index is 13.5. The van der Waals surface area contributed by atoms with E-state index in [0.29, 0.717) is 36.0 Å². The van der Waals surface area contributed by atoms with Gasteiger partial charge in [0.25, 0.3) is 11.7 Å². The highest BCUT2D eigenvalue weighted by molar-refractivity contribution is 6.51. The van der Waals surface area contributed by atoms with Gasteiger partial charge in [0, 0.05) is 17.3 Å². The highest BCUT2D eigenvalue weighted by Crippen LogP contribution is 2.43. The Bertz CT molecular complexity index is 1590. The molecule has 4 aromatic rings. The Kier molecular flexibility index (Phi) is 7.69. The molecule has 0 saturated carbocycles. The largest absolute Gasteiger partial charge is 0.507 e. The summed E-state index contributed by atoms with van der Waals surface area (Å²) >= 11 is 0. The van der Waals surface area contributed by atoms with E-state index in [4.69, 9.17) is 9.47 Å². The highest BCUT2D eigenvalue weighted by atomic mass is 16.5. The fourth-order valence-corrected chi connectivity index (χ4v) is 4.99. The first kappa shape index (κ1) is 26.8. The van der Waals surface area contributed by atoms with Crippen LogP contribution in [0.2, 0.25) is 0 Å². The van der Waals surface area contributed by atoms with E-state index in [0.717, 1.165) is 22.3 Å². The number of aliphatic hydroxyl groups excluding tert-OH is 1. The van der Waals surface area contributed by atoms with Crippen molar-refractivity contribution in [2.24, 2.45) is 0 Å². The number of anilines is 1. The molecule has 0 aromatic heterocycles. The van der Waals surface area contributed by atoms with E-state index >= 15 is 0 Å². The predicted octanol–water partition coefficient (Wildman–Crippen LogP) is 6.91. The van der Waals surface area contributed by atoms with E-state index in [1.165, 1.54) is 4.90 Å². The molecule has 1 unspecified atom stereocenters. The van der Waals surface area contributed by atoms with E-state index in [-0.39, 0.29) is 11.3 Å². The molecular formula is C34H31NO5. The molecule has 0 radical (unpaired) electrons. The van der Waals surface area contributed by atoms with Crippen molar-refractivity contribution < 1.29 is 24.2 Å². The standard InChI is InChI=1S/C34H31NO5/c1-4-39-28-15-9-14-27(20-28)35-31(25-13-8-10-22(2)18-25)30(33(37)34(35)38)32(36)26-16-17-29(23(3)19-26)40-21-24-11-6-5-7-12-24/h5-20,31,36H,4,21H2,1-3H3/b32-30+. The molecule has 4 aromatic carbocycles. The van der Waals surface area contributed by atoms with Crippen molar-refractivity contribution in [3.8, 4) is 11.5 Å². The van der Waals surface area contributed by atoms with Crippen LogP contribution in [-0.2, 0) is 16.2 Å². The Morgan fingerprint density at radius 2 is 1.62 bits per heavy atom. The average molecular weight is 534 g/mol. The molecule has 1 aliphatic heterocycles. The number of aliphatic hydroxyl groups is 1. The molecule has 1 atom stereocenters. The SMILES string of the molecule is CCOc1cccc(N2C(=O)C(=O)/C(=C(/O)c3ccc(OCc4ccccc4)c(C)c3)C2c2cccc(C)c2)c1. The molecule has 6 nitrogen and oxygen atoms in total. The first-order chi connectivity index (χ1) is 19.4. The number of ether oxygens (including phenoxy) is 2. The Hall–Kier alpha value is -4.84. The van der Waals surface area contributed by atoms with Crippen LogP contribution >= 0.6 is 0 Å². The minimum Gasteiger partial charge on any atom is -0.507 e. The fourth-order valence-electron chi connectivity index (χ4n) is 4.99. The summed E-state index contributed by atoms with van der Waals surface area (Å²) < 4.78 is 11.6. The molecule has 1 amide bonds. The second-order valence-electron chi connectivity index (χ2n) is 9.77. The van der Waals surface area contributed by atoms with E-state index in [1.807, 2.05) is 75.4 Å². The topological polar surface area (TPSA) is 76.1 Å². The normalized spacial score (nSPS) is 16.3. The van der Waals surface area contributed by atoms with Gasteiger partial charge >= 0.3 is 0 Å². The second-order valence-corrected chi connectivity index (χ2v) is 9.77. The summed E-state index contributed by atoms with van der Waals surface area (Å²) in [5.74, 6) is -0.421. The molecule has 0 spiro atoms. The summed E-state index contributed by atoms with van der Waals surface area (Å²) in [6, 6.07) is 29.0. The van der Waals surface area contributed by atoms with Gasteiger partial charge in [0.1, 0.15) is 23.9 Å². The fraction of sp³-hybridized carbons (Fsp3) is 0.176. The summed E-state index contributed by atoms with van der Waals surface area (Å²) in [5, 5.41) is 11.6. The molecule has 0 bridgehead atoms. The molecular weight excluding hydrogens is 502 g/mol. The van der Waals surface area contributed by atoms with Crippen LogP contribution in [0.3, 0.4) is 0 Å². The van der Waals surface area contributed by atoms with Gasteiger partial charge in [-0.2, -0.15) is 0 Å². The van der Waals surface area contributed by atoms with Crippen LogP contribution < -0.4 is 14.4 Å². The Labute approximate surface area is 234 Å². The molecule has 1 aliphatic rings. The average Bonchev–Trinajstić information content (AvgIpc) is 3.23. The van der Waals surface area contributed by atoms with Crippen molar-refractivity contribution in [2.75, 3.05) is 11.5 Å². The summed E-state index contributed by atoms with van der Waals surface area (Å²) in [5.41, 5.74) is 4.52. The lowest BCUT2D eigenvalue weighted by Gasteiger charge is -2.26. The van der Waals surface area contributed by atoms with E-state index in [1.54, 1.807) is 42.5 Å². The quantitative estimate of drug-likeness (QED) is 0.151. The van der Waals surface area contributed by atoms with Crippen LogP contribution in [-0.4, -0.2) is 23.4 Å². The van der Waals surface area contributed by atoms with Crippen molar-refractivity contribution in [3.05, 3.63) is 130 Å². The van der Waals surface area contributed by atoms with Crippen LogP contribution in [0.4, 0.5) is 5.69 Å². The van der Waals surface area contributed by atoms with Crippen LogP contribution in [0, 0.1) is 13.8 Å². The van der Waals surface area contributed by atoms with Crippen molar-refractivity contribution in [2.45, 2.75) is 33.4 Å². The second kappa shape index (κ2) is 11.5. The van der Waals surface area contributed by atoms with Gasteiger partial charge in [-0.1, -0.05) is 66.2 Å². The van der Waals surface area contributed by atoms with Gasteiger partial charge < -0.3 is 14.6 Å². The number of nitrogens with zero attached hydrogens (tertiary/aromatic N) is 1.